The minimum atomic E-state index is -4.59. The Balaban J connectivity index is 0.837. The Kier molecular flexibility index (Phi) is 12.3. The average Bonchev–Trinajstić information content (AvgIpc) is 3.88. The molecule has 1 amide bonds. The highest BCUT2D eigenvalue weighted by atomic mass is 32.2. The molecule has 4 aliphatic carbocycles. The lowest BCUT2D eigenvalue weighted by molar-refractivity contribution is -0.384. The van der Waals surface area contributed by atoms with Crippen LogP contribution in [0.5, 0.6) is 11.5 Å². The standard InChI is InChI=1S/C50H66N8O7S/c1-32(2)40-6-4-5-7-41(40)44-30-64-50(15-16-50)31-57(44)37-25-49(26-37)17-20-56(21-18-49)36-12-13-42(45(23-36)65-38-22-35-14-19-51-46(35)53-28-38)48(59)55-66(62,63)39-24-43(58(60)61)47(54-29-39)52-27-34-10-8-33(3)9-11-34/h12-14,19,22-24,28-29,32-34,37,40-41,44H,4-11,15-18,20-21,25-27,30-31H2,1-3H3,(H,51,53)(H,52,54)(H,55,59)/t33-,34+,40?,41?,44?. The van der Waals surface area contributed by atoms with E-state index in [0.717, 1.165) is 94.0 Å². The number of rotatable bonds is 13. The summed E-state index contributed by atoms with van der Waals surface area (Å²) >= 11 is 0. The van der Waals surface area contributed by atoms with Crippen molar-refractivity contribution >= 4 is 44.2 Å². The number of nitrogens with one attached hydrogen (secondary N) is 3. The number of nitro groups is 1. The highest BCUT2D eigenvalue weighted by Gasteiger charge is 2.57. The van der Waals surface area contributed by atoms with Crippen LogP contribution in [0.25, 0.3) is 11.0 Å². The molecule has 3 aromatic heterocycles. The monoisotopic (exact) mass is 922 g/mol. The number of carbonyl (C=O) groups is 1. The first-order chi connectivity index (χ1) is 31.8. The van der Waals surface area contributed by atoms with E-state index in [1.165, 1.54) is 51.4 Å². The second-order valence-corrected chi connectivity index (χ2v) is 22.9. The molecule has 2 spiro atoms. The minimum Gasteiger partial charge on any atom is -0.455 e. The minimum absolute atomic E-state index is 0.00406. The zero-order valence-corrected chi connectivity index (χ0v) is 39.5. The average molecular weight is 923 g/mol. The molecule has 5 heterocycles. The fourth-order valence-electron chi connectivity index (χ4n) is 12.3. The number of carbonyl (C=O) groups excluding carboxylic acids is 1. The van der Waals surface area contributed by atoms with Crippen molar-refractivity contribution in [3.05, 3.63) is 70.7 Å². The Bertz CT molecular complexity index is 2540. The van der Waals surface area contributed by atoms with Crippen molar-refractivity contribution in [2.24, 2.45) is 35.0 Å². The smallest absolute Gasteiger partial charge is 0.312 e. The highest BCUT2D eigenvalue weighted by Crippen LogP contribution is 2.55. The third kappa shape index (κ3) is 9.25. The number of hydrogen-bond acceptors (Lipinski definition) is 12. The van der Waals surface area contributed by atoms with Gasteiger partial charge in [0.15, 0.2) is 0 Å². The molecule has 4 saturated carbocycles. The number of fused-ring (bicyclic) bond motifs is 1. The van der Waals surface area contributed by atoms with E-state index in [2.05, 4.69) is 55.6 Å². The maximum absolute atomic E-state index is 14.0. The zero-order valence-electron chi connectivity index (χ0n) is 38.7. The van der Waals surface area contributed by atoms with E-state index in [0.29, 0.717) is 59.1 Å². The molecule has 16 heteroatoms. The van der Waals surface area contributed by atoms with E-state index in [4.69, 9.17) is 9.47 Å². The molecule has 6 fully saturated rings. The summed E-state index contributed by atoms with van der Waals surface area (Å²) < 4.78 is 42.7. The van der Waals surface area contributed by atoms with Crippen LogP contribution in [0.3, 0.4) is 0 Å². The molecule has 0 bridgehead atoms. The molecular weight excluding hydrogens is 857 g/mol. The number of sulfonamides is 1. The lowest BCUT2D eigenvalue weighted by atomic mass is 9.59. The molecule has 354 valence electrons. The lowest BCUT2D eigenvalue weighted by Gasteiger charge is -2.60. The van der Waals surface area contributed by atoms with Crippen LogP contribution < -0.4 is 19.7 Å². The number of benzene rings is 1. The number of aromatic nitrogens is 3. The van der Waals surface area contributed by atoms with E-state index in [1.54, 1.807) is 30.6 Å². The second kappa shape index (κ2) is 18.0. The van der Waals surface area contributed by atoms with Crippen molar-refractivity contribution in [1.82, 2.24) is 24.6 Å². The fraction of sp³-hybridized carbons (Fsp3) is 0.620. The first-order valence-corrected chi connectivity index (χ1v) is 26.1. The van der Waals surface area contributed by atoms with Gasteiger partial charge in [-0.15, -0.1) is 0 Å². The summed E-state index contributed by atoms with van der Waals surface area (Å²) in [5.74, 6) is 2.79. The van der Waals surface area contributed by atoms with Crippen LogP contribution in [0.4, 0.5) is 17.2 Å². The van der Waals surface area contributed by atoms with Gasteiger partial charge in [0.05, 0.1) is 35.1 Å². The van der Waals surface area contributed by atoms with Crippen molar-refractivity contribution in [3.63, 3.8) is 0 Å². The molecule has 15 nitrogen and oxygen atoms in total. The number of ether oxygens (including phenoxy) is 2. The zero-order chi connectivity index (χ0) is 45.8. The van der Waals surface area contributed by atoms with Crippen molar-refractivity contribution in [2.75, 3.05) is 43.0 Å². The summed E-state index contributed by atoms with van der Waals surface area (Å²) in [6.45, 7) is 11.2. The SMILES string of the molecule is CC(C)C1CCCCC1C1COC2(CC2)CN1C1CC2(CCN(c3ccc(C(=O)NS(=O)(=O)c4cnc(NC[C@H]5CC[C@@H](C)CC5)c([N+](=O)[O-])c4)c(Oc4cnc5[nH]ccc5c4)c3)CC2)C1. The first-order valence-electron chi connectivity index (χ1n) is 24.6. The van der Waals surface area contributed by atoms with Crippen molar-refractivity contribution < 1.29 is 27.6 Å². The molecule has 3 N–H and O–H groups in total. The number of aromatic amines is 1. The van der Waals surface area contributed by atoms with Crippen LogP contribution in [-0.4, -0.2) is 89.6 Å². The first kappa shape index (κ1) is 45.0. The summed E-state index contributed by atoms with van der Waals surface area (Å²) in [6, 6.07) is 11.0. The second-order valence-electron chi connectivity index (χ2n) is 21.2. The third-order valence-corrected chi connectivity index (χ3v) is 17.9. The van der Waals surface area contributed by atoms with E-state index in [9.17, 15) is 23.3 Å². The normalized spacial score (nSPS) is 27.4. The van der Waals surface area contributed by atoms with Gasteiger partial charge in [0.2, 0.25) is 5.82 Å². The van der Waals surface area contributed by atoms with E-state index < -0.39 is 31.4 Å². The molecular formula is C50H66N8O7S. The van der Waals surface area contributed by atoms with Gasteiger partial charge in [-0.25, -0.2) is 23.1 Å². The quantitative estimate of drug-likeness (QED) is 0.0854. The van der Waals surface area contributed by atoms with Crippen LogP contribution in [-0.2, 0) is 14.8 Å². The van der Waals surface area contributed by atoms with Crippen molar-refractivity contribution in [3.8, 4) is 11.5 Å². The van der Waals surface area contributed by atoms with Crippen LogP contribution >= 0.6 is 0 Å². The van der Waals surface area contributed by atoms with Gasteiger partial charge in [-0.05, 0) is 123 Å². The molecule has 4 aromatic rings. The summed E-state index contributed by atoms with van der Waals surface area (Å²) in [5, 5.41) is 16.0. The van der Waals surface area contributed by atoms with Gasteiger partial charge < -0.3 is 24.7 Å². The molecule has 10 rings (SSSR count). The fourth-order valence-corrected chi connectivity index (χ4v) is 13.3. The molecule has 6 aliphatic rings. The molecule has 3 unspecified atom stereocenters. The molecule has 3 atom stereocenters. The van der Waals surface area contributed by atoms with Gasteiger partial charge in [-0.1, -0.05) is 46.5 Å². The van der Waals surface area contributed by atoms with Gasteiger partial charge in [0, 0.05) is 67.7 Å². The van der Waals surface area contributed by atoms with Crippen molar-refractivity contribution in [2.45, 2.75) is 133 Å². The highest BCUT2D eigenvalue weighted by molar-refractivity contribution is 7.90. The van der Waals surface area contributed by atoms with Gasteiger partial charge in [0.1, 0.15) is 22.0 Å². The van der Waals surface area contributed by atoms with Crippen LogP contribution in [0, 0.1) is 45.1 Å². The van der Waals surface area contributed by atoms with Gasteiger partial charge >= 0.3 is 5.69 Å². The van der Waals surface area contributed by atoms with E-state index >= 15 is 0 Å². The Hall–Kier alpha value is -4.80. The number of piperidine rings is 1. The number of nitrogens with zero attached hydrogens (tertiary/aromatic N) is 5. The number of morpholine rings is 1. The lowest BCUT2D eigenvalue weighted by Crippen LogP contribution is -2.64. The molecule has 0 radical (unpaired) electrons. The molecule has 1 aromatic carbocycles. The Morgan fingerprint density at radius 2 is 1.77 bits per heavy atom. The topological polar surface area (TPSA) is 185 Å². The maximum atomic E-state index is 14.0. The largest absolute Gasteiger partial charge is 0.455 e. The summed E-state index contributed by atoms with van der Waals surface area (Å²) in [7, 11) is -4.59. The number of pyridine rings is 2. The number of hydrogen-bond donors (Lipinski definition) is 3. The van der Waals surface area contributed by atoms with E-state index in [-0.39, 0.29) is 22.7 Å². The number of H-pyrrole nitrogens is 1. The van der Waals surface area contributed by atoms with E-state index in [1.807, 2.05) is 12.1 Å². The van der Waals surface area contributed by atoms with Crippen LogP contribution in [0.2, 0.25) is 0 Å². The predicted molar refractivity (Wildman–Crippen MR) is 253 cm³/mol. The third-order valence-electron chi connectivity index (χ3n) is 16.6. The summed E-state index contributed by atoms with van der Waals surface area (Å²) in [4.78, 5) is 42.0. The Morgan fingerprint density at radius 3 is 2.52 bits per heavy atom. The van der Waals surface area contributed by atoms with Gasteiger partial charge in [-0.2, -0.15) is 0 Å². The van der Waals surface area contributed by atoms with Gasteiger partial charge in [0.25, 0.3) is 15.9 Å². The van der Waals surface area contributed by atoms with Gasteiger partial charge in [-0.3, -0.25) is 19.8 Å². The van der Waals surface area contributed by atoms with Crippen molar-refractivity contribution in [1.29, 1.82) is 0 Å². The summed E-state index contributed by atoms with van der Waals surface area (Å²) in [6.07, 6.45) is 20.9. The number of anilines is 2. The predicted octanol–water partition coefficient (Wildman–Crippen LogP) is 9.46. The van der Waals surface area contributed by atoms with Crippen LogP contribution in [0.1, 0.15) is 121 Å². The molecule has 66 heavy (non-hydrogen) atoms. The Morgan fingerprint density at radius 1 is 1.00 bits per heavy atom. The Labute approximate surface area is 388 Å². The van der Waals surface area contributed by atoms with Crippen LogP contribution in [0.15, 0.2) is 59.9 Å². The maximum Gasteiger partial charge on any atom is 0.312 e. The molecule has 2 aliphatic heterocycles. The summed E-state index contributed by atoms with van der Waals surface area (Å²) in [5.41, 5.74) is 1.46. The number of amides is 1. The molecule has 2 saturated heterocycles.